The molecule has 4 rings (SSSR count). The van der Waals surface area contributed by atoms with E-state index in [9.17, 15) is 4.79 Å². The van der Waals surface area contributed by atoms with Crippen molar-refractivity contribution in [2.24, 2.45) is 0 Å². The Bertz CT molecular complexity index is 656. The summed E-state index contributed by atoms with van der Waals surface area (Å²) in [6.45, 7) is 0. The highest BCUT2D eigenvalue weighted by atomic mass is 16.2. The molecule has 1 amide bonds. The van der Waals surface area contributed by atoms with Gasteiger partial charge < -0.3 is 5.32 Å². The number of carbonyl (C=O) groups is 1. The first-order valence-corrected chi connectivity index (χ1v) is 6.64. The van der Waals surface area contributed by atoms with Crippen molar-refractivity contribution in [2.75, 3.05) is 0 Å². The fraction of sp³-hybridized carbons (Fsp3) is 0.0556. The fourth-order valence-corrected chi connectivity index (χ4v) is 2.11. The molecule has 2 nitrogen and oxygen atoms in total. The van der Waals surface area contributed by atoms with Crippen molar-refractivity contribution >= 4 is 16.7 Å². The van der Waals surface area contributed by atoms with Gasteiger partial charge in [0.2, 0.25) is 5.91 Å². The standard InChI is InChI=1S/C10H8.C8H7NO/c1-2-6-10-8-4-3-7-9(10)5-1;10-8-7(9-8)6-4-2-1-3-5-6/h1-8H;1-5,7H,(H,9,10). The highest BCUT2D eigenvalue weighted by Gasteiger charge is 2.34. The fourth-order valence-electron chi connectivity index (χ4n) is 2.11. The lowest BCUT2D eigenvalue weighted by molar-refractivity contribution is -0.111. The summed E-state index contributed by atoms with van der Waals surface area (Å²) in [4.78, 5) is 10.6. The smallest absolute Gasteiger partial charge is 0.248 e. The Morgan fingerprint density at radius 1 is 0.650 bits per heavy atom. The van der Waals surface area contributed by atoms with Crippen molar-refractivity contribution in [1.82, 2.24) is 5.32 Å². The van der Waals surface area contributed by atoms with Crippen molar-refractivity contribution in [3.05, 3.63) is 84.4 Å². The minimum absolute atomic E-state index is 0.0128. The van der Waals surface area contributed by atoms with E-state index in [0.717, 1.165) is 5.56 Å². The van der Waals surface area contributed by atoms with Gasteiger partial charge in [0.15, 0.2) is 0 Å². The van der Waals surface area contributed by atoms with Crippen LogP contribution >= 0.6 is 0 Å². The minimum atomic E-state index is -0.0128. The van der Waals surface area contributed by atoms with Gasteiger partial charge in [0, 0.05) is 0 Å². The van der Waals surface area contributed by atoms with E-state index in [1.807, 2.05) is 30.3 Å². The molecule has 3 aromatic carbocycles. The molecular formula is C18H15NO. The molecule has 2 heteroatoms. The number of hydrogen-bond donors (Lipinski definition) is 1. The summed E-state index contributed by atoms with van der Waals surface area (Å²) in [7, 11) is 0. The van der Waals surface area contributed by atoms with E-state index < -0.39 is 0 Å². The maximum atomic E-state index is 10.6. The molecule has 0 spiro atoms. The molecule has 98 valence electrons. The number of hydrogen-bond acceptors (Lipinski definition) is 1. The highest BCUT2D eigenvalue weighted by Crippen LogP contribution is 2.21. The first-order valence-electron chi connectivity index (χ1n) is 6.64. The van der Waals surface area contributed by atoms with E-state index in [4.69, 9.17) is 0 Å². The van der Waals surface area contributed by atoms with Crippen molar-refractivity contribution in [1.29, 1.82) is 0 Å². The second-order valence-corrected chi connectivity index (χ2v) is 4.70. The van der Waals surface area contributed by atoms with Gasteiger partial charge in [-0.1, -0.05) is 78.9 Å². The third-order valence-corrected chi connectivity index (χ3v) is 3.26. The summed E-state index contributed by atoms with van der Waals surface area (Å²) in [6.07, 6.45) is 0. The SMILES string of the molecule is O=C1NC1c1ccccc1.c1ccc2ccccc2c1. The molecule has 1 aliphatic heterocycles. The molecule has 0 aromatic heterocycles. The normalized spacial score (nSPS) is 16.0. The van der Waals surface area contributed by atoms with Gasteiger partial charge in [0.1, 0.15) is 6.04 Å². The summed E-state index contributed by atoms with van der Waals surface area (Å²) in [6, 6.07) is 26.4. The molecule has 1 unspecified atom stereocenters. The molecule has 0 aliphatic carbocycles. The number of amides is 1. The maximum Gasteiger partial charge on any atom is 0.248 e. The van der Waals surface area contributed by atoms with E-state index in [2.05, 4.69) is 53.8 Å². The Morgan fingerprint density at radius 3 is 1.45 bits per heavy atom. The Hall–Kier alpha value is -2.61. The summed E-state index contributed by atoms with van der Waals surface area (Å²) < 4.78 is 0. The van der Waals surface area contributed by atoms with Gasteiger partial charge in [-0.25, -0.2) is 0 Å². The summed E-state index contributed by atoms with van der Waals surface area (Å²) in [5, 5.41) is 5.33. The Morgan fingerprint density at radius 2 is 1.05 bits per heavy atom. The van der Waals surface area contributed by atoms with Gasteiger partial charge in [-0.3, -0.25) is 4.79 Å². The monoisotopic (exact) mass is 261 g/mol. The summed E-state index contributed by atoms with van der Waals surface area (Å²) in [5.41, 5.74) is 1.06. The third kappa shape index (κ3) is 2.86. The van der Waals surface area contributed by atoms with Crippen LogP contribution in [-0.2, 0) is 4.79 Å². The number of carbonyl (C=O) groups excluding carboxylic acids is 1. The molecule has 0 radical (unpaired) electrons. The van der Waals surface area contributed by atoms with E-state index in [-0.39, 0.29) is 11.9 Å². The van der Waals surface area contributed by atoms with Crippen molar-refractivity contribution in [3.8, 4) is 0 Å². The molecule has 1 saturated heterocycles. The first kappa shape index (κ1) is 12.4. The van der Waals surface area contributed by atoms with E-state index in [1.54, 1.807) is 0 Å². The lowest BCUT2D eigenvalue weighted by Crippen LogP contribution is -1.80. The number of nitrogens with one attached hydrogen (secondary N) is 1. The Balaban J connectivity index is 0.000000121. The quantitative estimate of drug-likeness (QED) is 0.666. The predicted octanol–water partition coefficient (Wildman–Crippen LogP) is 3.70. The molecule has 1 atom stereocenters. The van der Waals surface area contributed by atoms with Crippen molar-refractivity contribution in [2.45, 2.75) is 6.04 Å². The summed E-state index contributed by atoms with van der Waals surface area (Å²) >= 11 is 0. The van der Waals surface area contributed by atoms with Gasteiger partial charge in [0.05, 0.1) is 0 Å². The van der Waals surface area contributed by atoms with Crippen LogP contribution in [0.5, 0.6) is 0 Å². The Kier molecular flexibility index (Phi) is 3.46. The molecule has 1 aliphatic rings. The van der Waals surface area contributed by atoms with Crippen LogP contribution in [0.3, 0.4) is 0 Å². The van der Waals surface area contributed by atoms with E-state index in [0.29, 0.717) is 0 Å². The lowest BCUT2D eigenvalue weighted by atomic mass is 10.1. The van der Waals surface area contributed by atoms with Gasteiger partial charge in [-0.05, 0) is 16.3 Å². The molecular weight excluding hydrogens is 246 g/mol. The number of benzene rings is 3. The van der Waals surface area contributed by atoms with Crippen LogP contribution in [-0.4, -0.2) is 5.91 Å². The first-order chi connectivity index (χ1) is 9.84. The molecule has 20 heavy (non-hydrogen) atoms. The number of rotatable bonds is 1. The van der Waals surface area contributed by atoms with Crippen LogP contribution in [0.2, 0.25) is 0 Å². The van der Waals surface area contributed by atoms with Gasteiger partial charge in [-0.2, -0.15) is 0 Å². The minimum Gasteiger partial charge on any atom is -0.338 e. The largest absolute Gasteiger partial charge is 0.338 e. The zero-order valence-corrected chi connectivity index (χ0v) is 11.0. The van der Waals surface area contributed by atoms with Gasteiger partial charge in [0.25, 0.3) is 0 Å². The molecule has 0 saturated carbocycles. The van der Waals surface area contributed by atoms with Gasteiger partial charge in [-0.15, -0.1) is 0 Å². The average Bonchev–Trinajstić information content (AvgIpc) is 3.26. The predicted molar refractivity (Wildman–Crippen MR) is 81.3 cm³/mol. The molecule has 1 heterocycles. The molecule has 1 N–H and O–H groups in total. The Labute approximate surface area is 118 Å². The second-order valence-electron chi connectivity index (χ2n) is 4.70. The van der Waals surface area contributed by atoms with Crippen LogP contribution in [0.4, 0.5) is 0 Å². The van der Waals surface area contributed by atoms with Crippen LogP contribution in [0, 0.1) is 0 Å². The second kappa shape index (κ2) is 5.57. The topological polar surface area (TPSA) is 39.0 Å². The molecule has 3 aromatic rings. The van der Waals surface area contributed by atoms with E-state index in [1.165, 1.54) is 10.8 Å². The van der Waals surface area contributed by atoms with Crippen LogP contribution < -0.4 is 5.32 Å². The zero-order valence-electron chi connectivity index (χ0n) is 11.0. The average molecular weight is 261 g/mol. The maximum absolute atomic E-state index is 10.6. The highest BCUT2D eigenvalue weighted by molar-refractivity contribution is 5.97. The van der Waals surface area contributed by atoms with Crippen LogP contribution in [0.1, 0.15) is 11.6 Å². The third-order valence-electron chi connectivity index (χ3n) is 3.26. The number of fused-ring (bicyclic) bond motifs is 1. The zero-order chi connectivity index (χ0) is 13.8. The van der Waals surface area contributed by atoms with Crippen molar-refractivity contribution in [3.63, 3.8) is 0 Å². The van der Waals surface area contributed by atoms with Crippen LogP contribution in [0.15, 0.2) is 78.9 Å². The molecule has 1 fully saturated rings. The summed E-state index contributed by atoms with van der Waals surface area (Å²) in [5.74, 6) is 0.131. The van der Waals surface area contributed by atoms with E-state index >= 15 is 0 Å². The molecule has 0 bridgehead atoms. The van der Waals surface area contributed by atoms with Gasteiger partial charge >= 0.3 is 0 Å². The lowest BCUT2D eigenvalue weighted by Gasteiger charge is -1.92. The van der Waals surface area contributed by atoms with Crippen LogP contribution in [0.25, 0.3) is 10.8 Å². The van der Waals surface area contributed by atoms with Crippen molar-refractivity contribution < 1.29 is 4.79 Å².